The van der Waals surface area contributed by atoms with Crippen LogP contribution in [-0.4, -0.2) is 25.0 Å². The van der Waals surface area contributed by atoms with Crippen LogP contribution in [0.1, 0.15) is 12.0 Å². The smallest absolute Gasteiger partial charge is 0.243 e. The highest BCUT2D eigenvalue weighted by Gasteiger charge is 2.29. The van der Waals surface area contributed by atoms with E-state index < -0.39 is 6.04 Å². The van der Waals surface area contributed by atoms with Crippen LogP contribution in [0.5, 0.6) is 0 Å². The molecule has 1 heterocycles. The minimum absolute atomic E-state index is 0.118. The van der Waals surface area contributed by atoms with E-state index in [1.54, 1.807) is 12.1 Å². The number of nitrogens with one attached hydrogen (secondary N) is 1. The molecule has 5 nitrogen and oxygen atoms in total. The Morgan fingerprint density at radius 1 is 1.33 bits per heavy atom. The minimum Gasteiger partial charge on any atom is -0.357 e. The van der Waals surface area contributed by atoms with Gasteiger partial charge in [0.15, 0.2) is 0 Å². The van der Waals surface area contributed by atoms with Gasteiger partial charge in [0.05, 0.1) is 24.1 Å². The van der Waals surface area contributed by atoms with Crippen LogP contribution in [0, 0.1) is 22.7 Å². The van der Waals surface area contributed by atoms with Crippen molar-refractivity contribution in [3.63, 3.8) is 0 Å². The van der Waals surface area contributed by atoms with E-state index in [0.29, 0.717) is 18.7 Å². The standard InChI is InChI=1S/C13H12N4O/c14-6-5-12-13(18)16-7-8-17(12)11-3-1-10(9-15)2-4-11/h1-4,12H,5,7-8H2,(H,16,18). The van der Waals surface area contributed by atoms with E-state index in [4.69, 9.17) is 10.5 Å². The van der Waals surface area contributed by atoms with Gasteiger partial charge in [-0.25, -0.2) is 0 Å². The number of hydrogen-bond donors (Lipinski definition) is 1. The fourth-order valence-electron chi connectivity index (χ4n) is 2.04. The van der Waals surface area contributed by atoms with Gasteiger partial charge in [-0.15, -0.1) is 0 Å². The summed E-state index contributed by atoms with van der Waals surface area (Å²) in [5, 5.41) is 20.3. The molecular formula is C13H12N4O. The molecule has 2 rings (SSSR count). The van der Waals surface area contributed by atoms with Crippen molar-refractivity contribution < 1.29 is 4.79 Å². The van der Waals surface area contributed by atoms with Crippen LogP contribution in [0.4, 0.5) is 5.69 Å². The third-order valence-corrected chi connectivity index (χ3v) is 2.94. The maximum Gasteiger partial charge on any atom is 0.243 e. The van der Waals surface area contributed by atoms with E-state index in [2.05, 4.69) is 11.4 Å². The molecule has 0 saturated carbocycles. The van der Waals surface area contributed by atoms with Gasteiger partial charge in [0, 0.05) is 18.8 Å². The van der Waals surface area contributed by atoms with Crippen molar-refractivity contribution in [2.45, 2.75) is 12.5 Å². The summed E-state index contributed by atoms with van der Waals surface area (Å²) < 4.78 is 0. The van der Waals surface area contributed by atoms with Gasteiger partial charge in [-0.3, -0.25) is 4.79 Å². The normalized spacial score (nSPS) is 18.7. The third-order valence-electron chi connectivity index (χ3n) is 2.94. The van der Waals surface area contributed by atoms with E-state index in [1.807, 2.05) is 23.1 Å². The lowest BCUT2D eigenvalue weighted by atomic mass is 10.1. The zero-order valence-electron chi connectivity index (χ0n) is 9.76. The number of anilines is 1. The van der Waals surface area contributed by atoms with Gasteiger partial charge in [-0.1, -0.05) is 0 Å². The van der Waals surface area contributed by atoms with Gasteiger partial charge in [0.1, 0.15) is 6.04 Å². The predicted octanol–water partition coefficient (Wildman–Crippen LogP) is 0.777. The van der Waals surface area contributed by atoms with Crippen LogP contribution in [0.25, 0.3) is 0 Å². The number of carbonyl (C=O) groups excluding carboxylic acids is 1. The van der Waals surface area contributed by atoms with Gasteiger partial charge < -0.3 is 10.2 Å². The summed E-state index contributed by atoms with van der Waals surface area (Å²) in [6.45, 7) is 1.24. The molecule has 1 atom stereocenters. The van der Waals surface area contributed by atoms with Crippen LogP contribution < -0.4 is 10.2 Å². The second-order valence-electron chi connectivity index (χ2n) is 4.02. The number of nitrogens with zero attached hydrogens (tertiary/aromatic N) is 3. The first-order valence-corrected chi connectivity index (χ1v) is 5.67. The highest BCUT2D eigenvalue weighted by atomic mass is 16.2. The van der Waals surface area contributed by atoms with E-state index >= 15 is 0 Å². The Morgan fingerprint density at radius 3 is 2.67 bits per heavy atom. The Morgan fingerprint density at radius 2 is 2.06 bits per heavy atom. The number of carbonyl (C=O) groups is 1. The summed E-state index contributed by atoms with van der Waals surface area (Å²) in [5.74, 6) is -0.118. The molecule has 5 heteroatoms. The number of hydrogen-bond acceptors (Lipinski definition) is 4. The summed E-state index contributed by atoms with van der Waals surface area (Å²) >= 11 is 0. The molecule has 1 N–H and O–H groups in total. The summed E-state index contributed by atoms with van der Waals surface area (Å²) in [7, 11) is 0. The summed E-state index contributed by atoms with van der Waals surface area (Å²) in [5.41, 5.74) is 1.45. The first kappa shape index (κ1) is 11.9. The summed E-state index contributed by atoms with van der Waals surface area (Å²) in [6.07, 6.45) is 0.159. The maximum atomic E-state index is 11.7. The molecule has 1 amide bonds. The molecule has 1 aromatic rings. The quantitative estimate of drug-likeness (QED) is 0.828. The predicted molar refractivity (Wildman–Crippen MR) is 65.5 cm³/mol. The van der Waals surface area contributed by atoms with E-state index in [-0.39, 0.29) is 12.3 Å². The highest BCUT2D eigenvalue weighted by molar-refractivity contribution is 5.86. The Hall–Kier alpha value is -2.53. The Balaban J connectivity index is 2.26. The third kappa shape index (κ3) is 2.26. The largest absolute Gasteiger partial charge is 0.357 e. The Labute approximate surface area is 105 Å². The van der Waals surface area contributed by atoms with Crippen molar-refractivity contribution in [1.82, 2.24) is 5.32 Å². The molecule has 0 spiro atoms. The Kier molecular flexibility index (Phi) is 3.45. The second-order valence-corrected chi connectivity index (χ2v) is 4.02. The van der Waals surface area contributed by atoms with E-state index in [1.165, 1.54) is 0 Å². The monoisotopic (exact) mass is 240 g/mol. The van der Waals surface area contributed by atoms with Crippen molar-refractivity contribution in [2.24, 2.45) is 0 Å². The number of piperazine rings is 1. The molecule has 18 heavy (non-hydrogen) atoms. The van der Waals surface area contributed by atoms with Crippen LogP contribution in [0.15, 0.2) is 24.3 Å². The van der Waals surface area contributed by atoms with Crippen LogP contribution in [-0.2, 0) is 4.79 Å². The van der Waals surface area contributed by atoms with Gasteiger partial charge in [-0.2, -0.15) is 10.5 Å². The molecule has 1 aromatic carbocycles. The van der Waals surface area contributed by atoms with Gasteiger partial charge in [0.25, 0.3) is 0 Å². The number of amides is 1. The van der Waals surface area contributed by atoms with Crippen LogP contribution in [0.2, 0.25) is 0 Å². The number of nitriles is 2. The van der Waals surface area contributed by atoms with E-state index in [9.17, 15) is 4.79 Å². The van der Waals surface area contributed by atoms with Crippen molar-refractivity contribution in [2.75, 3.05) is 18.0 Å². The molecule has 1 aliphatic rings. The molecule has 0 aliphatic carbocycles. The Bertz CT molecular complexity index is 523. The first-order valence-electron chi connectivity index (χ1n) is 5.67. The zero-order chi connectivity index (χ0) is 13.0. The minimum atomic E-state index is -0.448. The first-order chi connectivity index (χ1) is 8.76. The molecular weight excluding hydrogens is 228 g/mol. The summed E-state index contributed by atoms with van der Waals surface area (Å²) in [6, 6.07) is 10.7. The highest BCUT2D eigenvalue weighted by Crippen LogP contribution is 2.20. The van der Waals surface area contributed by atoms with Crippen LogP contribution in [0.3, 0.4) is 0 Å². The molecule has 0 aromatic heterocycles. The number of rotatable bonds is 2. The molecule has 1 saturated heterocycles. The zero-order valence-corrected chi connectivity index (χ0v) is 9.76. The lowest BCUT2D eigenvalue weighted by molar-refractivity contribution is -0.123. The van der Waals surface area contributed by atoms with Crippen molar-refractivity contribution in [3.8, 4) is 12.1 Å². The molecule has 90 valence electrons. The molecule has 0 radical (unpaired) electrons. The molecule has 1 unspecified atom stereocenters. The molecule has 0 bridgehead atoms. The average molecular weight is 240 g/mol. The average Bonchev–Trinajstić information content (AvgIpc) is 2.41. The van der Waals surface area contributed by atoms with Crippen molar-refractivity contribution in [1.29, 1.82) is 10.5 Å². The number of benzene rings is 1. The maximum absolute atomic E-state index is 11.7. The molecule has 1 aliphatic heterocycles. The summed E-state index contributed by atoms with van der Waals surface area (Å²) in [4.78, 5) is 13.6. The fraction of sp³-hybridized carbons (Fsp3) is 0.308. The van der Waals surface area contributed by atoms with Gasteiger partial charge in [0.2, 0.25) is 5.91 Å². The fourth-order valence-corrected chi connectivity index (χ4v) is 2.04. The van der Waals surface area contributed by atoms with Gasteiger partial charge >= 0.3 is 0 Å². The second kappa shape index (κ2) is 5.20. The van der Waals surface area contributed by atoms with Crippen molar-refractivity contribution in [3.05, 3.63) is 29.8 Å². The van der Waals surface area contributed by atoms with Crippen LogP contribution >= 0.6 is 0 Å². The molecule has 1 fully saturated rings. The SMILES string of the molecule is N#CCC1C(=O)NCCN1c1ccc(C#N)cc1. The van der Waals surface area contributed by atoms with Crippen molar-refractivity contribution >= 4 is 11.6 Å². The lowest BCUT2D eigenvalue weighted by Crippen LogP contribution is -2.55. The van der Waals surface area contributed by atoms with E-state index in [0.717, 1.165) is 5.69 Å². The topological polar surface area (TPSA) is 79.9 Å². The lowest BCUT2D eigenvalue weighted by Gasteiger charge is -2.35. The van der Waals surface area contributed by atoms with Gasteiger partial charge in [-0.05, 0) is 24.3 Å².